The van der Waals surface area contributed by atoms with Gasteiger partial charge in [-0.05, 0) is 24.1 Å². The summed E-state index contributed by atoms with van der Waals surface area (Å²) in [6, 6.07) is 8.21. The van der Waals surface area contributed by atoms with Gasteiger partial charge in [-0.2, -0.15) is 0 Å². The number of benzene rings is 1. The van der Waals surface area contributed by atoms with Crippen LogP contribution in [0.1, 0.15) is 18.9 Å². The van der Waals surface area contributed by atoms with Crippen molar-refractivity contribution in [3.8, 4) is 5.75 Å². The maximum absolute atomic E-state index is 5.36. The van der Waals surface area contributed by atoms with E-state index in [1.165, 1.54) is 12.0 Å². The second-order valence-electron chi connectivity index (χ2n) is 3.03. The average Bonchev–Trinajstić information content (AvgIpc) is 2.17. The number of halogens is 1. The van der Waals surface area contributed by atoms with E-state index >= 15 is 0 Å². The van der Waals surface area contributed by atoms with Gasteiger partial charge in [0.25, 0.3) is 0 Å². The Kier molecular flexibility index (Phi) is 7.25. The highest BCUT2D eigenvalue weighted by atomic mass is 35.5. The van der Waals surface area contributed by atoms with Gasteiger partial charge in [-0.25, -0.2) is 0 Å². The monoisotopic (exact) mass is 215 g/mol. The molecule has 0 fully saturated rings. The standard InChI is InChI=1S/C11H17NO.ClH/c1-2-3-10-4-6-11(7-5-10)13-9-8-12;/h4-7H,2-3,8-9,12H2,1H3;1H. The molecule has 1 aromatic rings. The second kappa shape index (κ2) is 7.65. The highest BCUT2D eigenvalue weighted by Crippen LogP contribution is 2.12. The van der Waals surface area contributed by atoms with Crippen LogP contribution in [0.25, 0.3) is 0 Å². The Labute approximate surface area is 91.9 Å². The van der Waals surface area contributed by atoms with Gasteiger partial charge >= 0.3 is 0 Å². The summed E-state index contributed by atoms with van der Waals surface area (Å²) in [5.41, 5.74) is 6.69. The minimum absolute atomic E-state index is 0. The summed E-state index contributed by atoms with van der Waals surface area (Å²) in [5, 5.41) is 0. The van der Waals surface area contributed by atoms with Crippen LogP contribution in [0.3, 0.4) is 0 Å². The molecule has 2 N–H and O–H groups in total. The minimum atomic E-state index is 0. The van der Waals surface area contributed by atoms with Crippen molar-refractivity contribution in [1.29, 1.82) is 0 Å². The molecule has 1 rings (SSSR count). The average molecular weight is 216 g/mol. The summed E-state index contributed by atoms with van der Waals surface area (Å²) in [4.78, 5) is 0. The third-order valence-corrected chi connectivity index (χ3v) is 1.85. The molecule has 0 aliphatic heterocycles. The van der Waals surface area contributed by atoms with Crippen molar-refractivity contribution in [2.45, 2.75) is 19.8 Å². The highest BCUT2D eigenvalue weighted by molar-refractivity contribution is 5.85. The van der Waals surface area contributed by atoms with E-state index < -0.39 is 0 Å². The molecule has 0 aliphatic carbocycles. The number of ether oxygens (including phenoxy) is 1. The zero-order valence-electron chi connectivity index (χ0n) is 8.53. The number of hydrogen-bond acceptors (Lipinski definition) is 2. The van der Waals surface area contributed by atoms with E-state index in [1.54, 1.807) is 0 Å². The lowest BCUT2D eigenvalue weighted by atomic mass is 10.1. The summed E-state index contributed by atoms with van der Waals surface area (Å²) in [7, 11) is 0. The molecule has 0 amide bonds. The van der Waals surface area contributed by atoms with E-state index in [0.717, 1.165) is 12.2 Å². The Morgan fingerprint density at radius 3 is 2.36 bits per heavy atom. The number of nitrogens with two attached hydrogens (primary N) is 1. The highest BCUT2D eigenvalue weighted by Gasteiger charge is 1.93. The number of rotatable bonds is 5. The summed E-state index contributed by atoms with van der Waals surface area (Å²) >= 11 is 0. The molecule has 0 aliphatic rings. The molecule has 14 heavy (non-hydrogen) atoms. The first kappa shape index (κ1) is 13.3. The van der Waals surface area contributed by atoms with Crippen molar-refractivity contribution in [1.82, 2.24) is 0 Å². The second-order valence-corrected chi connectivity index (χ2v) is 3.03. The molecule has 0 aromatic heterocycles. The minimum Gasteiger partial charge on any atom is -0.492 e. The fourth-order valence-corrected chi connectivity index (χ4v) is 1.22. The summed E-state index contributed by atoms with van der Waals surface area (Å²) in [5.74, 6) is 0.908. The van der Waals surface area contributed by atoms with Gasteiger partial charge in [0.1, 0.15) is 12.4 Å². The van der Waals surface area contributed by atoms with E-state index in [1.807, 2.05) is 12.1 Å². The molecule has 2 nitrogen and oxygen atoms in total. The smallest absolute Gasteiger partial charge is 0.119 e. The SMILES string of the molecule is CCCc1ccc(OCCN)cc1.Cl. The van der Waals surface area contributed by atoms with E-state index in [0.29, 0.717) is 13.2 Å². The van der Waals surface area contributed by atoms with Crippen LogP contribution >= 0.6 is 12.4 Å². The van der Waals surface area contributed by atoms with Gasteiger partial charge < -0.3 is 10.5 Å². The van der Waals surface area contributed by atoms with Crippen LogP contribution in [0.15, 0.2) is 24.3 Å². The molecule has 0 atom stereocenters. The molecule has 80 valence electrons. The lowest BCUT2D eigenvalue weighted by Gasteiger charge is -2.04. The molecule has 1 aromatic carbocycles. The van der Waals surface area contributed by atoms with Gasteiger partial charge in [0.05, 0.1) is 0 Å². The molecule has 0 saturated carbocycles. The largest absolute Gasteiger partial charge is 0.492 e. The predicted octanol–water partition coefficient (Wildman–Crippen LogP) is 2.40. The number of aryl methyl sites for hydroxylation is 1. The van der Waals surface area contributed by atoms with Crippen LogP contribution in [0, 0.1) is 0 Å². The summed E-state index contributed by atoms with van der Waals surface area (Å²) in [6.45, 7) is 3.34. The molecule has 0 saturated heterocycles. The first-order chi connectivity index (χ1) is 6.36. The quantitative estimate of drug-likeness (QED) is 0.819. The van der Waals surface area contributed by atoms with Crippen molar-refractivity contribution >= 4 is 12.4 Å². The van der Waals surface area contributed by atoms with Crippen LogP contribution < -0.4 is 10.5 Å². The molecule has 0 bridgehead atoms. The van der Waals surface area contributed by atoms with E-state index in [4.69, 9.17) is 10.5 Å². The predicted molar refractivity (Wildman–Crippen MR) is 62.2 cm³/mol. The van der Waals surface area contributed by atoms with Gasteiger partial charge in [0, 0.05) is 6.54 Å². The van der Waals surface area contributed by atoms with E-state index in [9.17, 15) is 0 Å². The van der Waals surface area contributed by atoms with Crippen LogP contribution in [0.5, 0.6) is 5.75 Å². The third-order valence-electron chi connectivity index (χ3n) is 1.85. The maximum Gasteiger partial charge on any atom is 0.119 e. The van der Waals surface area contributed by atoms with Crippen LogP contribution in [0.2, 0.25) is 0 Å². The Morgan fingerprint density at radius 1 is 1.21 bits per heavy atom. The molecule has 0 unspecified atom stereocenters. The Balaban J connectivity index is 0.00000169. The van der Waals surface area contributed by atoms with Gasteiger partial charge in [0.2, 0.25) is 0 Å². The zero-order chi connectivity index (χ0) is 9.52. The lowest BCUT2D eigenvalue weighted by molar-refractivity contribution is 0.328. The summed E-state index contributed by atoms with van der Waals surface area (Å²) < 4.78 is 5.36. The van der Waals surface area contributed by atoms with Crippen molar-refractivity contribution in [3.05, 3.63) is 29.8 Å². The Hall–Kier alpha value is -0.730. The normalized spacial score (nSPS) is 9.29. The Morgan fingerprint density at radius 2 is 1.86 bits per heavy atom. The van der Waals surface area contributed by atoms with Gasteiger partial charge in [-0.15, -0.1) is 12.4 Å². The zero-order valence-corrected chi connectivity index (χ0v) is 9.35. The van der Waals surface area contributed by atoms with E-state index in [-0.39, 0.29) is 12.4 Å². The Bertz CT molecular complexity index is 236. The number of hydrogen-bond donors (Lipinski definition) is 1. The fourth-order valence-electron chi connectivity index (χ4n) is 1.22. The van der Waals surface area contributed by atoms with Crippen molar-refractivity contribution in [2.75, 3.05) is 13.2 Å². The van der Waals surface area contributed by atoms with Gasteiger partial charge in [-0.3, -0.25) is 0 Å². The molecule has 0 heterocycles. The third kappa shape index (κ3) is 4.49. The lowest BCUT2D eigenvalue weighted by Crippen LogP contribution is -2.10. The van der Waals surface area contributed by atoms with Gasteiger partial charge in [0.15, 0.2) is 0 Å². The molecular weight excluding hydrogens is 198 g/mol. The molecule has 0 spiro atoms. The van der Waals surface area contributed by atoms with Crippen molar-refractivity contribution in [3.63, 3.8) is 0 Å². The molecule has 0 radical (unpaired) electrons. The van der Waals surface area contributed by atoms with Gasteiger partial charge in [-0.1, -0.05) is 25.5 Å². The molecule has 3 heteroatoms. The van der Waals surface area contributed by atoms with Crippen LogP contribution in [-0.4, -0.2) is 13.2 Å². The first-order valence-corrected chi connectivity index (χ1v) is 4.78. The van der Waals surface area contributed by atoms with Crippen molar-refractivity contribution < 1.29 is 4.74 Å². The summed E-state index contributed by atoms with van der Waals surface area (Å²) in [6.07, 6.45) is 2.32. The molecular formula is C11H18ClNO. The van der Waals surface area contributed by atoms with Crippen LogP contribution in [0.4, 0.5) is 0 Å². The van der Waals surface area contributed by atoms with Crippen molar-refractivity contribution in [2.24, 2.45) is 5.73 Å². The maximum atomic E-state index is 5.36. The van der Waals surface area contributed by atoms with Crippen LogP contribution in [-0.2, 0) is 6.42 Å². The first-order valence-electron chi connectivity index (χ1n) is 4.78. The van der Waals surface area contributed by atoms with E-state index in [2.05, 4.69) is 19.1 Å². The fraction of sp³-hybridized carbons (Fsp3) is 0.455. The topological polar surface area (TPSA) is 35.2 Å².